The quantitative estimate of drug-likeness (QED) is 0.114. The average Bonchev–Trinajstić information content (AvgIpc) is 1.39. The van der Waals surface area contributed by atoms with E-state index in [1.807, 2.05) is 237 Å². The fraction of sp³-hybridized carbons (Fsp3) is 0. The summed E-state index contributed by atoms with van der Waals surface area (Å²) in [5.74, 6) is 5.43. The highest BCUT2D eigenvalue weighted by molar-refractivity contribution is 6.31. The van der Waals surface area contributed by atoms with Crippen LogP contribution in [-0.4, -0.2) is 58.6 Å². The first kappa shape index (κ1) is 76.2. The molecule has 618 valence electrons. The lowest BCUT2D eigenvalue weighted by Gasteiger charge is -2.11. The minimum atomic E-state index is 0.558. The normalized spacial score (nSPS) is 11.6. The smallest absolute Gasteiger partial charge is 0.238 e. The number of para-hydroxylation sites is 3. The van der Waals surface area contributed by atoms with E-state index in [0.717, 1.165) is 193 Å². The highest BCUT2D eigenvalue weighted by atomic mass is 16.3. The molecular weight excluding hydrogens is 1620 g/mol. The van der Waals surface area contributed by atoms with E-state index < -0.39 is 0 Å². The summed E-state index contributed by atoms with van der Waals surface area (Å²) in [4.78, 5) is 45.2. The molecule has 0 aliphatic rings. The molecule has 0 atom stereocenters. The minimum absolute atomic E-state index is 0.558. The van der Waals surface area contributed by atoms with E-state index in [1.54, 1.807) is 0 Å². The molecule has 0 unspecified atom stereocenters. The van der Waals surface area contributed by atoms with Gasteiger partial charge in [-0.25, -0.2) is 24.9 Å². The van der Waals surface area contributed by atoms with E-state index in [9.17, 15) is 0 Å². The van der Waals surface area contributed by atoms with Crippen LogP contribution in [0.15, 0.2) is 450 Å². The molecular formula is C117H72N12O3. The molecule has 0 bridgehead atoms. The molecule has 0 aliphatic heterocycles. The molecule has 0 radical (unpaired) electrons. The Hall–Kier alpha value is -18.2. The maximum absolute atomic E-state index is 6.88. The fourth-order valence-electron chi connectivity index (χ4n) is 18.9. The Morgan fingerprint density at radius 2 is 0.462 bits per heavy atom. The second-order valence-corrected chi connectivity index (χ2v) is 32.6. The first-order valence-corrected chi connectivity index (χ1v) is 43.9. The summed E-state index contributed by atoms with van der Waals surface area (Å²) >= 11 is 0. The number of hydrogen-bond acceptors (Lipinski definition) is 12. The highest BCUT2D eigenvalue weighted by Gasteiger charge is 2.28. The minimum Gasteiger partial charge on any atom is -0.456 e. The molecule has 9 heterocycles. The van der Waals surface area contributed by atoms with E-state index in [0.29, 0.717) is 52.7 Å². The van der Waals surface area contributed by atoms with Crippen molar-refractivity contribution in [3.05, 3.63) is 437 Å². The van der Waals surface area contributed by atoms with Gasteiger partial charge in [-0.2, -0.15) is 19.9 Å². The molecule has 0 saturated carbocycles. The predicted octanol–water partition coefficient (Wildman–Crippen LogP) is 29.6. The Bertz CT molecular complexity index is 8950. The van der Waals surface area contributed by atoms with Gasteiger partial charge in [-0.3, -0.25) is 9.13 Å². The first-order valence-electron chi connectivity index (χ1n) is 43.9. The summed E-state index contributed by atoms with van der Waals surface area (Å²) in [6.07, 6.45) is 0. The maximum Gasteiger partial charge on any atom is 0.238 e. The van der Waals surface area contributed by atoms with E-state index in [2.05, 4.69) is 214 Å². The number of nitrogens with zero attached hydrogens (tertiary/aromatic N) is 12. The summed E-state index contributed by atoms with van der Waals surface area (Å²) < 4.78 is 27.0. The standard InChI is InChI=1S/3C39H24N4O/c1-4-13-25(14-5-1)28-19-11-23-32-34(28)29-20-10-21-30-35(29)36-31(22-12-24-33(36)44-32)43(30)39-41-37(26-15-6-2-7-16-26)40-38(42-39)27-17-8-3-9-18-27;1-4-13-25(14-5-1)37-40-38(26-15-6-2-7-16-26)42-39(41-37)27-23-32-36-34(24-27)44-33-22-11-10-19-29(33)30-20-12-21-31(35(30)36)43(32)28-17-8-3-9-18-28;1-4-13-25(14-5-1)28-23-24-32-35-34-30(29-19-10-11-22-33(29)44-36(28)35)20-12-21-31(34)43(32)39-41-37(26-15-6-2-7-16-26)40-38(42-39)27-17-8-3-9-18-27/h3*1-24H. The van der Waals surface area contributed by atoms with Crippen molar-refractivity contribution < 1.29 is 13.3 Å². The van der Waals surface area contributed by atoms with Crippen LogP contribution in [-0.2, 0) is 0 Å². The van der Waals surface area contributed by atoms with Crippen LogP contribution in [0.3, 0.4) is 0 Å². The summed E-state index contributed by atoms with van der Waals surface area (Å²) in [6, 6.07) is 149. The summed E-state index contributed by atoms with van der Waals surface area (Å²) in [7, 11) is 0. The summed E-state index contributed by atoms with van der Waals surface area (Å²) in [6.45, 7) is 0. The lowest BCUT2D eigenvalue weighted by atomic mass is 9.97. The Kier molecular flexibility index (Phi) is 18.5. The van der Waals surface area contributed by atoms with Gasteiger partial charge in [-0.15, -0.1) is 0 Å². The van der Waals surface area contributed by atoms with Gasteiger partial charge in [0.1, 0.15) is 33.5 Å². The molecule has 0 N–H and O–H groups in total. The summed E-state index contributed by atoms with van der Waals surface area (Å²) in [5, 5.41) is 13.1. The topological polar surface area (TPSA) is 170 Å². The zero-order valence-electron chi connectivity index (χ0n) is 70.7. The van der Waals surface area contributed by atoms with Crippen LogP contribution in [0.1, 0.15) is 0 Å². The van der Waals surface area contributed by atoms with Gasteiger partial charge in [0.05, 0.1) is 49.3 Å². The molecule has 0 aliphatic carbocycles. The lowest BCUT2D eigenvalue weighted by molar-refractivity contribution is 0.663. The van der Waals surface area contributed by atoms with Crippen molar-refractivity contribution in [2.45, 2.75) is 0 Å². The number of benzene rings is 18. The molecule has 15 nitrogen and oxygen atoms in total. The average molecular weight is 1690 g/mol. The van der Waals surface area contributed by atoms with Crippen molar-refractivity contribution in [3.63, 3.8) is 0 Å². The van der Waals surface area contributed by atoms with E-state index in [-0.39, 0.29) is 0 Å². The molecule has 27 aromatic rings. The van der Waals surface area contributed by atoms with Gasteiger partial charge in [0.15, 0.2) is 40.8 Å². The second-order valence-electron chi connectivity index (χ2n) is 32.6. The third-order valence-corrected chi connectivity index (χ3v) is 24.8. The van der Waals surface area contributed by atoms with E-state index in [1.165, 1.54) is 5.39 Å². The zero-order valence-corrected chi connectivity index (χ0v) is 70.7. The Labute approximate surface area is 754 Å². The Morgan fingerprint density at radius 1 is 0.159 bits per heavy atom. The van der Waals surface area contributed by atoms with Crippen molar-refractivity contribution in [3.8, 4) is 120 Å². The van der Waals surface area contributed by atoms with Crippen molar-refractivity contribution >= 4 is 131 Å². The van der Waals surface area contributed by atoms with Gasteiger partial charge in [0, 0.05) is 82.5 Å². The first-order chi connectivity index (χ1) is 65.5. The molecule has 0 saturated heterocycles. The Balaban J connectivity index is 0.000000106. The van der Waals surface area contributed by atoms with Crippen molar-refractivity contribution in [2.24, 2.45) is 0 Å². The van der Waals surface area contributed by atoms with Crippen LogP contribution >= 0.6 is 0 Å². The maximum atomic E-state index is 6.88. The van der Waals surface area contributed by atoms with Gasteiger partial charge >= 0.3 is 0 Å². The number of hydrogen-bond donors (Lipinski definition) is 0. The van der Waals surface area contributed by atoms with Gasteiger partial charge in [-0.1, -0.05) is 352 Å². The fourth-order valence-corrected chi connectivity index (χ4v) is 18.9. The third kappa shape index (κ3) is 13.2. The van der Waals surface area contributed by atoms with Gasteiger partial charge in [-0.05, 0) is 118 Å². The highest BCUT2D eigenvalue weighted by Crippen LogP contribution is 2.48. The van der Waals surface area contributed by atoms with Gasteiger partial charge in [0.2, 0.25) is 11.9 Å². The van der Waals surface area contributed by atoms with E-state index in [4.69, 9.17) is 58.1 Å². The molecule has 27 rings (SSSR count). The van der Waals surface area contributed by atoms with Gasteiger partial charge < -0.3 is 17.8 Å². The number of aromatic nitrogens is 12. The molecule has 9 aromatic heterocycles. The molecule has 15 heteroatoms. The molecule has 18 aromatic carbocycles. The molecule has 0 fully saturated rings. The largest absolute Gasteiger partial charge is 0.456 e. The molecule has 0 spiro atoms. The third-order valence-electron chi connectivity index (χ3n) is 24.8. The lowest BCUT2D eigenvalue weighted by Crippen LogP contribution is -2.06. The molecule has 132 heavy (non-hydrogen) atoms. The SMILES string of the molecule is c1ccc(-c2nc(-c3ccccc3)nc(-c3cc4oc5ccccc5c5cccc6c5c4c(c3)n6-c3ccccc3)n2)cc1.c1ccc(-c2nc(-c3ccccc3)nc(-n3c4ccc(-c5ccccc5)c5oc6ccccc6c6cccc3c6c54)n2)cc1.c1ccc(-c2nc(-c3ccccc3)nc(-n3c4cccc5oc6cccc(-c7ccccc7)c6c6cccc3c6c54)n2)cc1. The summed E-state index contributed by atoms with van der Waals surface area (Å²) in [5.41, 5.74) is 22.9. The van der Waals surface area contributed by atoms with Crippen LogP contribution in [0.2, 0.25) is 0 Å². The van der Waals surface area contributed by atoms with E-state index >= 15 is 0 Å². The van der Waals surface area contributed by atoms with Crippen molar-refractivity contribution in [2.75, 3.05) is 0 Å². The van der Waals surface area contributed by atoms with Gasteiger partial charge in [0.25, 0.3) is 0 Å². The number of rotatable bonds is 12. The van der Waals surface area contributed by atoms with Crippen molar-refractivity contribution in [1.29, 1.82) is 0 Å². The van der Waals surface area contributed by atoms with Crippen LogP contribution in [0.25, 0.3) is 251 Å². The van der Waals surface area contributed by atoms with Crippen LogP contribution < -0.4 is 0 Å². The van der Waals surface area contributed by atoms with Crippen LogP contribution in [0.4, 0.5) is 0 Å². The second kappa shape index (κ2) is 32.0. The molecule has 0 amide bonds. The van der Waals surface area contributed by atoms with Crippen molar-refractivity contribution in [1.82, 2.24) is 58.6 Å². The van der Waals surface area contributed by atoms with Crippen LogP contribution in [0.5, 0.6) is 0 Å². The predicted molar refractivity (Wildman–Crippen MR) is 533 cm³/mol. The Morgan fingerprint density at radius 3 is 0.924 bits per heavy atom. The zero-order chi connectivity index (χ0) is 87.1. The monoisotopic (exact) mass is 1690 g/mol. The number of fused-ring (bicyclic) bond motifs is 6. The van der Waals surface area contributed by atoms with Crippen LogP contribution in [0, 0.1) is 0 Å².